The molecule has 0 spiro atoms. The van der Waals surface area contributed by atoms with E-state index < -0.39 is 0 Å². The predicted molar refractivity (Wildman–Crippen MR) is 65.1 cm³/mol. The lowest BCUT2D eigenvalue weighted by atomic mass is 9.81. The van der Waals surface area contributed by atoms with Crippen LogP contribution in [-0.2, 0) is 0 Å². The van der Waals surface area contributed by atoms with Gasteiger partial charge in [-0.3, -0.25) is 4.90 Å². The van der Waals surface area contributed by atoms with Crippen molar-refractivity contribution in [1.29, 1.82) is 0 Å². The van der Waals surface area contributed by atoms with Crippen molar-refractivity contribution < 1.29 is 0 Å². The first-order valence-electron chi connectivity index (χ1n) is 6.63. The van der Waals surface area contributed by atoms with Crippen LogP contribution in [0.5, 0.6) is 0 Å². The molecular weight excluding hydrogens is 184 g/mol. The Morgan fingerprint density at radius 1 is 1.20 bits per heavy atom. The molecule has 1 N–H and O–H groups in total. The van der Waals surface area contributed by atoms with Gasteiger partial charge < -0.3 is 5.32 Å². The fraction of sp³-hybridized carbons (Fsp3) is 1.00. The van der Waals surface area contributed by atoms with Crippen LogP contribution in [0, 0.1) is 5.92 Å². The summed E-state index contributed by atoms with van der Waals surface area (Å²) in [6.07, 6.45) is 7.07. The molecule has 0 amide bonds. The molecule has 0 saturated carbocycles. The van der Waals surface area contributed by atoms with Crippen LogP contribution in [0.4, 0.5) is 0 Å². The van der Waals surface area contributed by atoms with Crippen LogP contribution in [0.15, 0.2) is 0 Å². The number of piperidine rings is 2. The number of fused-ring (bicyclic) bond motifs is 2. The molecule has 2 atom stereocenters. The average molecular weight is 210 g/mol. The van der Waals surface area contributed by atoms with Gasteiger partial charge in [-0.25, -0.2) is 0 Å². The molecule has 0 aromatic heterocycles. The maximum Gasteiger partial charge on any atom is 0.0113 e. The van der Waals surface area contributed by atoms with Crippen LogP contribution in [0.25, 0.3) is 0 Å². The van der Waals surface area contributed by atoms with Crippen LogP contribution in [0.1, 0.15) is 46.0 Å². The van der Waals surface area contributed by atoms with Crippen molar-refractivity contribution in [1.82, 2.24) is 10.2 Å². The normalized spacial score (nSPS) is 37.2. The van der Waals surface area contributed by atoms with Crippen molar-refractivity contribution in [3.05, 3.63) is 0 Å². The molecule has 0 aliphatic carbocycles. The summed E-state index contributed by atoms with van der Waals surface area (Å²) in [4.78, 5) is 2.81. The lowest BCUT2D eigenvalue weighted by Gasteiger charge is -2.49. The number of nitrogens with zero attached hydrogens (tertiary/aromatic N) is 1. The van der Waals surface area contributed by atoms with E-state index in [2.05, 4.69) is 31.1 Å². The fourth-order valence-electron chi connectivity index (χ4n) is 3.43. The van der Waals surface area contributed by atoms with E-state index in [1.165, 1.54) is 38.6 Å². The highest BCUT2D eigenvalue weighted by molar-refractivity contribution is 4.94. The first-order valence-corrected chi connectivity index (χ1v) is 6.63. The van der Waals surface area contributed by atoms with Gasteiger partial charge in [0.1, 0.15) is 0 Å². The largest absolute Gasteiger partial charge is 0.317 e. The van der Waals surface area contributed by atoms with Gasteiger partial charge in [0.2, 0.25) is 0 Å². The highest BCUT2D eigenvalue weighted by Gasteiger charge is 2.37. The van der Waals surface area contributed by atoms with E-state index in [0.29, 0.717) is 0 Å². The number of nitrogens with one attached hydrogen (secondary N) is 1. The van der Waals surface area contributed by atoms with Crippen molar-refractivity contribution in [3.8, 4) is 0 Å². The highest BCUT2D eigenvalue weighted by atomic mass is 15.2. The number of hydrogen-bond acceptors (Lipinski definition) is 2. The van der Waals surface area contributed by atoms with Crippen LogP contribution in [0.2, 0.25) is 0 Å². The minimum absolute atomic E-state index is 0.781. The molecule has 2 unspecified atom stereocenters. The first-order chi connectivity index (χ1) is 7.20. The number of hydrogen-bond donors (Lipinski definition) is 1. The van der Waals surface area contributed by atoms with Crippen molar-refractivity contribution in [2.45, 2.75) is 64.1 Å². The monoisotopic (exact) mass is 210 g/mol. The first kappa shape index (κ1) is 11.4. The Morgan fingerprint density at radius 2 is 1.80 bits per heavy atom. The lowest BCUT2D eigenvalue weighted by Crippen LogP contribution is -2.56. The van der Waals surface area contributed by atoms with E-state index in [1.807, 2.05) is 0 Å². The van der Waals surface area contributed by atoms with E-state index in [0.717, 1.165) is 24.0 Å². The van der Waals surface area contributed by atoms with Gasteiger partial charge in [-0.05, 0) is 38.6 Å². The smallest absolute Gasteiger partial charge is 0.0113 e. The third kappa shape index (κ3) is 2.54. The van der Waals surface area contributed by atoms with Crippen molar-refractivity contribution in [2.24, 2.45) is 5.92 Å². The van der Waals surface area contributed by atoms with Gasteiger partial charge in [0, 0.05) is 24.7 Å². The molecule has 2 bridgehead atoms. The molecule has 2 rings (SSSR count). The molecule has 0 aromatic rings. The van der Waals surface area contributed by atoms with Crippen LogP contribution >= 0.6 is 0 Å². The molecule has 2 heterocycles. The van der Waals surface area contributed by atoms with Gasteiger partial charge in [-0.2, -0.15) is 0 Å². The zero-order chi connectivity index (χ0) is 10.8. The Balaban J connectivity index is 2.00. The molecule has 15 heavy (non-hydrogen) atoms. The average Bonchev–Trinajstić information content (AvgIpc) is 2.16. The van der Waals surface area contributed by atoms with Gasteiger partial charge in [-0.15, -0.1) is 0 Å². The Morgan fingerprint density at radius 3 is 2.27 bits per heavy atom. The summed E-state index contributed by atoms with van der Waals surface area (Å²) in [5.74, 6) is 0.819. The Bertz CT molecular complexity index is 189. The van der Waals surface area contributed by atoms with Crippen molar-refractivity contribution >= 4 is 0 Å². The van der Waals surface area contributed by atoms with Crippen molar-refractivity contribution in [3.63, 3.8) is 0 Å². The Kier molecular flexibility index (Phi) is 3.68. The fourth-order valence-corrected chi connectivity index (χ4v) is 3.43. The minimum atomic E-state index is 0.781. The summed E-state index contributed by atoms with van der Waals surface area (Å²) >= 11 is 0. The Labute approximate surface area is 94.4 Å². The molecule has 0 aromatic carbocycles. The van der Waals surface area contributed by atoms with Crippen LogP contribution in [-0.4, -0.2) is 36.6 Å². The van der Waals surface area contributed by atoms with Gasteiger partial charge in [-0.1, -0.05) is 20.3 Å². The van der Waals surface area contributed by atoms with E-state index in [1.54, 1.807) is 0 Å². The molecule has 2 aliphatic heterocycles. The third-order valence-electron chi connectivity index (χ3n) is 4.11. The van der Waals surface area contributed by atoms with Crippen LogP contribution < -0.4 is 5.32 Å². The van der Waals surface area contributed by atoms with E-state index in [9.17, 15) is 0 Å². The third-order valence-corrected chi connectivity index (χ3v) is 4.11. The summed E-state index contributed by atoms with van der Waals surface area (Å²) in [7, 11) is 2.12. The molecule has 2 fully saturated rings. The zero-order valence-electron chi connectivity index (χ0n) is 10.5. The second kappa shape index (κ2) is 4.84. The summed E-state index contributed by atoms with van der Waals surface area (Å²) in [6, 6.07) is 2.53. The highest BCUT2D eigenvalue weighted by Crippen LogP contribution is 2.34. The summed E-state index contributed by atoms with van der Waals surface area (Å²) in [5.41, 5.74) is 0. The molecule has 2 saturated heterocycles. The summed E-state index contributed by atoms with van der Waals surface area (Å²) < 4.78 is 0. The predicted octanol–water partition coefficient (Wildman–Crippen LogP) is 2.25. The zero-order valence-corrected chi connectivity index (χ0v) is 10.5. The maximum absolute atomic E-state index is 3.48. The standard InChI is InChI=1S/C13H26N2/c1-10(2)9-15-12-5-4-6-13(15)8-11(7-12)14-3/h10-14H,4-9H2,1-3H3. The van der Waals surface area contributed by atoms with Gasteiger partial charge >= 0.3 is 0 Å². The van der Waals surface area contributed by atoms with Gasteiger partial charge in [0.05, 0.1) is 0 Å². The molecule has 88 valence electrons. The van der Waals surface area contributed by atoms with E-state index in [4.69, 9.17) is 0 Å². The molecule has 2 aliphatic rings. The topological polar surface area (TPSA) is 15.3 Å². The van der Waals surface area contributed by atoms with Crippen LogP contribution in [0.3, 0.4) is 0 Å². The molecule has 2 heteroatoms. The van der Waals surface area contributed by atoms with Gasteiger partial charge in [0.15, 0.2) is 0 Å². The minimum Gasteiger partial charge on any atom is -0.317 e. The summed E-state index contributed by atoms with van der Waals surface area (Å²) in [6.45, 7) is 6.01. The summed E-state index contributed by atoms with van der Waals surface area (Å²) in [5, 5.41) is 3.48. The van der Waals surface area contributed by atoms with E-state index >= 15 is 0 Å². The molecule has 0 radical (unpaired) electrons. The Hall–Kier alpha value is -0.0800. The SMILES string of the molecule is CNC1CC2CCCC(C1)N2CC(C)C. The molecular formula is C13H26N2. The molecule has 2 nitrogen and oxygen atoms in total. The van der Waals surface area contributed by atoms with E-state index in [-0.39, 0.29) is 0 Å². The number of rotatable bonds is 3. The quantitative estimate of drug-likeness (QED) is 0.768. The van der Waals surface area contributed by atoms with Crippen molar-refractivity contribution in [2.75, 3.05) is 13.6 Å². The van der Waals surface area contributed by atoms with Gasteiger partial charge in [0.25, 0.3) is 0 Å². The second-order valence-electron chi connectivity index (χ2n) is 5.79. The second-order valence-corrected chi connectivity index (χ2v) is 5.79. The lowest BCUT2D eigenvalue weighted by molar-refractivity contribution is 0.0171. The maximum atomic E-state index is 3.48.